The number of hydrogen-bond donors (Lipinski definition) is 1. The number of carboxylic acids is 1. The Morgan fingerprint density at radius 1 is 1.17 bits per heavy atom. The summed E-state index contributed by atoms with van der Waals surface area (Å²) in [5.41, 5.74) is 2.71. The minimum atomic E-state index is -1.01. The topological polar surface area (TPSA) is 50.2 Å². The molecule has 0 amide bonds. The average molecular weight is 327 g/mol. The van der Waals surface area contributed by atoms with Gasteiger partial charge in [-0.2, -0.15) is 0 Å². The van der Waals surface area contributed by atoms with Crippen molar-refractivity contribution in [2.75, 3.05) is 0 Å². The van der Waals surface area contributed by atoms with Gasteiger partial charge in [0, 0.05) is 12.0 Å². The SMILES string of the molecule is Cc1ccccc1-c1nc(Cc2ccccc2F)sc1C(=O)O. The fourth-order valence-electron chi connectivity index (χ4n) is 2.41. The number of nitrogens with zero attached hydrogens (tertiary/aromatic N) is 1. The number of rotatable bonds is 4. The third-order valence-corrected chi connectivity index (χ3v) is 4.61. The molecule has 0 spiro atoms. The van der Waals surface area contributed by atoms with E-state index in [0.717, 1.165) is 22.5 Å². The third kappa shape index (κ3) is 3.14. The summed E-state index contributed by atoms with van der Waals surface area (Å²) in [5.74, 6) is -1.32. The van der Waals surface area contributed by atoms with Crippen molar-refractivity contribution >= 4 is 17.3 Å². The van der Waals surface area contributed by atoms with Gasteiger partial charge in [-0.05, 0) is 24.1 Å². The smallest absolute Gasteiger partial charge is 0.348 e. The number of hydrogen-bond acceptors (Lipinski definition) is 3. The van der Waals surface area contributed by atoms with Crippen LogP contribution in [-0.4, -0.2) is 16.1 Å². The molecule has 0 aliphatic rings. The van der Waals surface area contributed by atoms with Gasteiger partial charge in [0.2, 0.25) is 0 Å². The largest absolute Gasteiger partial charge is 0.477 e. The Labute approximate surface area is 137 Å². The van der Waals surface area contributed by atoms with E-state index in [1.54, 1.807) is 18.2 Å². The van der Waals surface area contributed by atoms with Gasteiger partial charge in [-0.1, -0.05) is 42.5 Å². The predicted octanol–water partition coefficient (Wildman–Crippen LogP) is 4.55. The minimum Gasteiger partial charge on any atom is -0.477 e. The van der Waals surface area contributed by atoms with Crippen LogP contribution in [0, 0.1) is 12.7 Å². The molecule has 116 valence electrons. The first kappa shape index (κ1) is 15.4. The van der Waals surface area contributed by atoms with Crippen molar-refractivity contribution < 1.29 is 14.3 Å². The van der Waals surface area contributed by atoms with E-state index in [-0.39, 0.29) is 17.1 Å². The second-order valence-corrected chi connectivity index (χ2v) is 6.26. The molecule has 0 saturated heterocycles. The molecule has 3 nitrogen and oxygen atoms in total. The van der Waals surface area contributed by atoms with Crippen LogP contribution in [0.3, 0.4) is 0 Å². The van der Waals surface area contributed by atoms with Crippen molar-refractivity contribution in [2.45, 2.75) is 13.3 Å². The second kappa shape index (κ2) is 6.30. The number of aromatic nitrogens is 1. The van der Waals surface area contributed by atoms with Crippen LogP contribution in [-0.2, 0) is 6.42 Å². The highest BCUT2D eigenvalue weighted by Crippen LogP contribution is 2.31. The molecule has 3 rings (SSSR count). The molecule has 0 bridgehead atoms. The average Bonchev–Trinajstić information content (AvgIpc) is 2.94. The summed E-state index contributed by atoms with van der Waals surface area (Å²) < 4.78 is 13.8. The zero-order chi connectivity index (χ0) is 16.4. The number of aryl methyl sites for hydroxylation is 1. The van der Waals surface area contributed by atoms with Crippen LogP contribution in [0.1, 0.15) is 25.8 Å². The maximum absolute atomic E-state index is 13.8. The van der Waals surface area contributed by atoms with Crippen molar-refractivity contribution in [3.8, 4) is 11.3 Å². The van der Waals surface area contributed by atoms with E-state index in [2.05, 4.69) is 4.98 Å². The Morgan fingerprint density at radius 2 is 1.87 bits per heavy atom. The summed E-state index contributed by atoms with van der Waals surface area (Å²) in [5, 5.41) is 10.0. The zero-order valence-corrected chi connectivity index (χ0v) is 13.2. The van der Waals surface area contributed by atoms with E-state index in [0.29, 0.717) is 16.3 Å². The van der Waals surface area contributed by atoms with E-state index in [4.69, 9.17) is 0 Å². The molecule has 2 aromatic carbocycles. The number of carbonyl (C=O) groups is 1. The van der Waals surface area contributed by atoms with Crippen LogP contribution < -0.4 is 0 Å². The van der Waals surface area contributed by atoms with Gasteiger partial charge in [-0.25, -0.2) is 14.2 Å². The van der Waals surface area contributed by atoms with Crippen LogP contribution in [0.25, 0.3) is 11.3 Å². The Balaban J connectivity index is 2.05. The maximum Gasteiger partial charge on any atom is 0.348 e. The summed E-state index contributed by atoms with van der Waals surface area (Å²) in [6.45, 7) is 1.91. The van der Waals surface area contributed by atoms with Gasteiger partial charge in [0.05, 0.1) is 10.7 Å². The van der Waals surface area contributed by atoms with Crippen LogP contribution in [0.4, 0.5) is 4.39 Å². The van der Waals surface area contributed by atoms with Gasteiger partial charge >= 0.3 is 5.97 Å². The molecular formula is C18H14FNO2S. The normalized spacial score (nSPS) is 10.7. The highest BCUT2D eigenvalue weighted by molar-refractivity contribution is 7.14. The molecule has 0 atom stereocenters. The third-order valence-electron chi connectivity index (χ3n) is 3.57. The maximum atomic E-state index is 13.8. The van der Waals surface area contributed by atoms with Crippen LogP contribution >= 0.6 is 11.3 Å². The highest BCUT2D eigenvalue weighted by atomic mass is 32.1. The van der Waals surface area contributed by atoms with Gasteiger partial charge in [0.1, 0.15) is 10.7 Å². The Kier molecular flexibility index (Phi) is 4.21. The van der Waals surface area contributed by atoms with Crippen molar-refractivity contribution in [2.24, 2.45) is 0 Å². The molecule has 0 aliphatic carbocycles. The lowest BCUT2D eigenvalue weighted by Gasteiger charge is -2.03. The van der Waals surface area contributed by atoms with Crippen molar-refractivity contribution in [3.05, 3.63) is 75.4 Å². The summed E-state index contributed by atoms with van der Waals surface area (Å²) in [7, 11) is 0. The Bertz CT molecular complexity index is 873. The van der Waals surface area contributed by atoms with Gasteiger partial charge in [-0.3, -0.25) is 0 Å². The van der Waals surface area contributed by atoms with Gasteiger partial charge < -0.3 is 5.11 Å². The van der Waals surface area contributed by atoms with E-state index < -0.39 is 5.97 Å². The fourth-order valence-corrected chi connectivity index (χ4v) is 3.35. The first-order valence-electron chi connectivity index (χ1n) is 7.08. The lowest BCUT2D eigenvalue weighted by molar-refractivity contribution is 0.0702. The van der Waals surface area contributed by atoms with Crippen LogP contribution in [0.5, 0.6) is 0 Å². The summed E-state index contributed by atoms with van der Waals surface area (Å²) in [6.07, 6.45) is 0.281. The summed E-state index contributed by atoms with van der Waals surface area (Å²) in [4.78, 5) is 16.2. The molecule has 5 heteroatoms. The first-order valence-corrected chi connectivity index (χ1v) is 7.90. The van der Waals surface area contributed by atoms with Gasteiger partial charge in [-0.15, -0.1) is 11.3 Å². The molecule has 3 aromatic rings. The number of aromatic carboxylic acids is 1. The Morgan fingerprint density at radius 3 is 2.57 bits per heavy atom. The number of carboxylic acid groups (broad SMARTS) is 1. The zero-order valence-electron chi connectivity index (χ0n) is 12.4. The number of halogens is 1. The van der Waals surface area contributed by atoms with Crippen molar-refractivity contribution in [3.63, 3.8) is 0 Å². The molecule has 23 heavy (non-hydrogen) atoms. The van der Waals surface area contributed by atoms with E-state index in [1.807, 2.05) is 31.2 Å². The molecular weight excluding hydrogens is 313 g/mol. The molecule has 1 heterocycles. The van der Waals surface area contributed by atoms with E-state index in [1.165, 1.54) is 6.07 Å². The molecule has 0 unspecified atom stereocenters. The second-order valence-electron chi connectivity index (χ2n) is 5.17. The fraction of sp³-hybridized carbons (Fsp3) is 0.111. The standard InChI is InChI=1S/C18H14FNO2S/c1-11-6-2-4-8-13(11)16-17(18(21)22)23-15(20-16)10-12-7-3-5-9-14(12)19/h2-9H,10H2,1H3,(H,21,22). The number of benzene rings is 2. The quantitative estimate of drug-likeness (QED) is 0.765. The monoisotopic (exact) mass is 327 g/mol. The summed E-state index contributed by atoms with van der Waals surface area (Å²) in [6, 6.07) is 14.0. The van der Waals surface area contributed by atoms with E-state index in [9.17, 15) is 14.3 Å². The first-order chi connectivity index (χ1) is 11.1. The minimum absolute atomic E-state index is 0.186. The van der Waals surface area contributed by atoms with Crippen LogP contribution in [0.2, 0.25) is 0 Å². The van der Waals surface area contributed by atoms with E-state index >= 15 is 0 Å². The molecule has 0 aliphatic heterocycles. The Hall–Kier alpha value is -2.53. The predicted molar refractivity (Wildman–Crippen MR) is 88.5 cm³/mol. The molecule has 0 fully saturated rings. The van der Waals surface area contributed by atoms with Crippen LogP contribution in [0.15, 0.2) is 48.5 Å². The molecule has 1 N–H and O–H groups in total. The van der Waals surface area contributed by atoms with Gasteiger partial charge in [0.25, 0.3) is 0 Å². The number of thiazole rings is 1. The van der Waals surface area contributed by atoms with Crippen molar-refractivity contribution in [1.82, 2.24) is 4.98 Å². The van der Waals surface area contributed by atoms with Crippen molar-refractivity contribution in [1.29, 1.82) is 0 Å². The molecule has 0 radical (unpaired) electrons. The van der Waals surface area contributed by atoms with Gasteiger partial charge in [0.15, 0.2) is 0 Å². The summed E-state index contributed by atoms with van der Waals surface area (Å²) >= 11 is 1.10. The molecule has 0 saturated carbocycles. The highest BCUT2D eigenvalue weighted by Gasteiger charge is 2.20. The lowest BCUT2D eigenvalue weighted by Crippen LogP contribution is -1.96. The molecule has 1 aromatic heterocycles. The lowest BCUT2D eigenvalue weighted by atomic mass is 10.1.